The molecule has 3 heterocycles. The number of hydrogen-bond acceptors (Lipinski definition) is 2. The smallest absolute Gasteiger partial charge is 0.145 e. The molecule has 1 aromatic carbocycles. The van der Waals surface area contributed by atoms with Crippen LogP contribution in [-0.2, 0) is 20.0 Å². The van der Waals surface area contributed by atoms with Crippen molar-refractivity contribution < 1.29 is 0 Å². The van der Waals surface area contributed by atoms with Crippen LogP contribution in [0.1, 0.15) is 25.1 Å². The molecule has 23 heavy (non-hydrogen) atoms. The molecular formula is C18H18ClN3S. The van der Waals surface area contributed by atoms with Gasteiger partial charge in [-0.15, -0.1) is 0 Å². The molecule has 0 atom stereocenters. The molecule has 3 nitrogen and oxygen atoms in total. The number of nitrogens with zero attached hydrogens (tertiary/aromatic N) is 3. The van der Waals surface area contributed by atoms with E-state index in [1.165, 1.54) is 19.3 Å². The van der Waals surface area contributed by atoms with E-state index in [1.54, 1.807) is 0 Å². The summed E-state index contributed by atoms with van der Waals surface area (Å²) in [6.07, 6.45) is 4.65. The Morgan fingerprint density at radius 2 is 1.91 bits per heavy atom. The second-order valence-corrected chi connectivity index (χ2v) is 6.95. The Kier molecular flexibility index (Phi) is 3.74. The fraction of sp³-hybridized carbons (Fsp3) is 0.333. The summed E-state index contributed by atoms with van der Waals surface area (Å²) >= 11 is 11.8. The van der Waals surface area contributed by atoms with Crippen LogP contribution in [0.3, 0.4) is 0 Å². The predicted octanol–water partition coefficient (Wildman–Crippen LogP) is 5.15. The van der Waals surface area contributed by atoms with E-state index in [0.717, 1.165) is 50.7 Å². The van der Waals surface area contributed by atoms with Crippen LogP contribution in [0.5, 0.6) is 0 Å². The molecule has 3 aromatic rings. The molecule has 0 N–H and O–H groups in total. The summed E-state index contributed by atoms with van der Waals surface area (Å²) < 4.78 is 5.29. The van der Waals surface area contributed by atoms with Crippen LogP contribution in [0, 0.1) is 4.64 Å². The standard InChI is InChI=1S/C18H18ClN3S/c1-21-15(12-6-8-13(19)9-7-12)11-14-17(21)20-16-5-3-2-4-10-22(16)18(14)23/h6-9,11H,2-5,10H2,1H3. The van der Waals surface area contributed by atoms with Crippen molar-refractivity contribution in [2.24, 2.45) is 7.05 Å². The fourth-order valence-electron chi connectivity index (χ4n) is 3.38. The molecule has 0 amide bonds. The third-order valence-corrected chi connectivity index (χ3v) is 5.34. The van der Waals surface area contributed by atoms with Crippen LogP contribution in [0.15, 0.2) is 30.3 Å². The molecule has 1 aliphatic heterocycles. The van der Waals surface area contributed by atoms with Crippen molar-refractivity contribution in [2.75, 3.05) is 0 Å². The molecule has 0 saturated carbocycles. The number of halogens is 1. The monoisotopic (exact) mass is 343 g/mol. The van der Waals surface area contributed by atoms with Gasteiger partial charge >= 0.3 is 0 Å². The van der Waals surface area contributed by atoms with Gasteiger partial charge in [-0.2, -0.15) is 0 Å². The van der Waals surface area contributed by atoms with E-state index in [9.17, 15) is 0 Å². The van der Waals surface area contributed by atoms with Gasteiger partial charge in [-0.3, -0.25) is 0 Å². The van der Waals surface area contributed by atoms with Crippen molar-refractivity contribution in [3.63, 3.8) is 0 Å². The fourth-order valence-corrected chi connectivity index (χ4v) is 3.85. The Labute approximate surface area is 145 Å². The normalized spacial score (nSPS) is 14.7. The summed E-state index contributed by atoms with van der Waals surface area (Å²) in [5.74, 6) is 1.13. The summed E-state index contributed by atoms with van der Waals surface area (Å²) in [4.78, 5) is 4.93. The van der Waals surface area contributed by atoms with Gasteiger partial charge in [0.05, 0.1) is 11.1 Å². The van der Waals surface area contributed by atoms with Gasteiger partial charge in [0.25, 0.3) is 0 Å². The SMILES string of the molecule is Cn1c(-c2ccc(Cl)cc2)cc2c(=S)n3c(nc21)CCCCC3. The molecule has 0 bridgehead atoms. The summed E-state index contributed by atoms with van der Waals surface area (Å²) in [5.41, 5.74) is 3.23. The van der Waals surface area contributed by atoms with Crippen LogP contribution in [0.4, 0.5) is 0 Å². The quantitative estimate of drug-likeness (QED) is 0.570. The van der Waals surface area contributed by atoms with E-state index < -0.39 is 0 Å². The zero-order valence-corrected chi connectivity index (χ0v) is 14.6. The average molecular weight is 344 g/mol. The molecule has 0 saturated heterocycles. The van der Waals surface area contributed by atoms with Crippen molar-refractivity contribution >= 4 is 34.9 Å². The molecule has 2 aromatic heterocycles. The van der Waals surface area contributed by atoms with E-state index in [-0.39, 0.29) is 0 Å². The number of fused-ring (bicyclic) bond motifs is 2. The van der Waals surface area contributed by atoms with Gasteiger partial charge in [-0.05, 0) is 36.6 Å². The van der Waals surface area contributed by atoms with Gasteiger partial charge in [0.15, 0.2) is 0 Å². The predicted molar refractivity (Wildman–Crippen MR) is 97.5 cm³/mol. The third kappa shape index (κ3) is 2.50. The highest BCUT2D eigenvalue weighted by molar-refractivity contribution is 7.71. The summed E-state index contributed by atoms with van der Waals surface area (Å²) in [6, 6.07) is 10.1. The highest BCUT2D eigenvalue weighted by atomic mass is 35.5. The van der Waals surface area contributed by atoms with E-state index >= 15 is 0 Å². The number of benzene rings is 1. The van der Waals surface area contributed by atoms with E-state index in [0.29, 0.717) is 0 Å². The maximum atomic E-state index is 6.01. The zero-order chi connectivity index (χ0) is 16.0. The maximum absolute atomic E-state index is 6.01. The minimum Gasteiger partial charge on any atom is -0.328 e. The summed E-state index contributed by atoms with van der Waals surface area (Å²) in [5, 5.41) is 1.81. The Hall–Kier alpha value is -1.65. The molecule has 0 fully saturated rings. The molecule has 118 valence electrons. The minimum atomic E-state index is 0.747. The molecular weight excluding hydrogens is 326 g/mol. The third-order valence-electron chi connectivity index (χ3n) is 4.65. The number of rotatable bonds is 1. The minimum absolute atomic E-state index is 0.747. The Morgan fingerprint density at radius 3 is 2.70 bits per heavy atom. The maximum Gasteiger partial charge on any atom is 0.145 e. The number of aryl methyl sites for hydroxylation is 2. The molecule has 0 unspecified atom stereocenters. The Balaban J connectivity index is 1.96. The number of aromatic nitrogens is 3. The van der Waals surface area contributed by atoms with Gasteiger partial charge in [-0.25, -0.2) is 4.98 Å². The number of hydrogen-bond donors (Lipinski definition) is 0. The first-order chi connectivity index (χ1) is 11.1. The van der Waals surface area contributed by atoms with Crippen molar-refractivity contribution in [3.8, 4) is 11.3 Å². The van der Waals surface area contributed by atoms with Crippen molar-refractivity contribution in [3.05, 3.63) is 45.8 Å². The second-order valence-electron chi connectivity index (χ2n) is 6.13. The van der Waals surface area contributed by atoms with Crippen LogP contribution in [-0.4, -0.2) is 14.1 Å². The molecule has 4 rings (SSSR count). The van der Waals surface area contributed by atoms with E-state index in [1.807, 2.05) is 24.3 Å². The lowest BCUT2D eigenvalue weighted by Crippen LogP contribution is -2.09. The van der Waals surface area contributed by atoms with E-state index in [2.05, 4.69) is 22.2 Å². The summed E-state index contributed by atoms with van der Waals surface area (Å²) in [6.45, 7) is 0.988. The van der Waals surface area contributed by atoms with Crippen LogP contribution in [0.25, 0.3) is 22.3 Å². The van der Waals surface area contributed by atoms with Crippen LogP contribution >= 0.6 is 23.8 Å². The molecule has 0 spiro atoms. The lowest BCUT2D eigenvalue weighted by atomic mass is 10.1. The molecule has 1 aliphatic rings. The molecule has 5 heteroatoms. The first kappa shape index (κ1) is 14.9. The van der Waals surface area contributed by atoms with Gasteiger partial charge in [0.1, 0.15) is 16.1 Å². The van der Waals surface area contributed by atoms with Gasteiger partial charge < -0.3 is 9.13 Å². The average Bonchev–Trinajstić information content (AvgIpc) is 2.73. The summed E-state index contributed by atoms with van der Waals surface area (Å²) in [7, 11) is 2.06. The highest BCUT2D eigenvalue weighted by Gasteiger charge is 2.16. The lowest BCUT2D eigenvalue weighted by Gasteiger charge is -2.10. The molecule has 0 aliphatic carbocycles. The van der Waals surface area contributed by atoms with Gasteiger partial charge in [-0.1, -0.05) is 42.4 Å². The largest absolute Gasteiger partial charge is 0.328 e. The van der Waals surface area contributed by atoms with Gasteiger partial charge in [0.2, 0.25) is 0 Å². The first-order valence-corrected chi connectivity index (χ1v) is 8.79. The van der Waals surface area contributed by atoms with Crippen LogP contribution < -0.4 is 0 Å². The van der Waals surface area contributed by atoms with Crippen molar-refractivity contribution in [1.82, 2.24) is 14.1 Å². The van der Waals surface area contributed by atoms with Crippen molar-refractivity contribution in [1.29, 1.82) is 0 Å². The highest BCUT2D eigenvalue weighted by Crippen LogP contribution is 2.29. The van der Waals surface area contributed by atoms with E-state index in [4.69, 9.17) is 28.8 Å². The molecule has 0 radical (unpaired) electrons. The topological polar surface area (TPSA) is 22.8 Å². The van der Waals surface area contributed by atoms with Gasteiger partial charge in [0, 0.05) is 25.0 Å². The Bertz CT molecular complexity index is 938. The Morgan fingerprint density at radius 1 is 1.13 bits per heavy atom. The van der Waals surface area contributed by atoms with Crippen molar-refractivity contribution in [2.45, 2.75) is 32.2 Å². The van der Waals surface area contributed by atoms with Crippen LogP contribution in [0.2, 0.25) is 5.02 Å². The zero-order valence-electron chi connectivity index (χ0n) is 13.1. The first-order valence-electron chi connectivity index (χ1n) is 8.00. The lowest BCUT2D eigenvalue weighted by molar-refractivity contribution is 0.622. The second kappa shape index (κ2) is 5.77.